The van der Waals surface area contributed by atoms with Gasteiger partial charge in [0.25, 0.3) is 0 Å². The van der Waals surface area contributed by atoms with Crippen molar-refractivity contribution in [1.82, 2.24) is 4.90 Å². The van der Waals surface area contributed by atoms with Crippen molar-refractivity contribution in [3.05, 3.63) is 52.6 Å². The molecular weight excluding hydrogens is 414 g/mol. The fourth-order valence-electron chi connectivity index (χ4n) is 3.98. The second-order valence-electron chi connectivity index (χ2n) is 7.65. The van der Waals surface area contributed by atoms with E-state index in [9.17, 15) is 18.4 Å². The molecule has 30 heavy (non-hydrogen) atoms. The molecule has 0 radical (unpaired) electrons. The van der Waals surface area contributed by atoms with Crippen LogP contribution in [0.2, 0.25) is 5.02 Å². The van der Waals surface area contributed by atoms with Crippen molar-refractivity contribution in [1.29, 1.82) is 0 Å². The molecule has 9 heteroatoms. The summed E-state index contributed by atoms with van der Waals surface area (Å²) in [5.74, 6) is -1.78. The lowest BCUT2D eigenvalue weighted by Gasteiger charge is -2.41. The normalized spacial score (nSPS) is 18.9. The predicted molar refractivity (Wildman–Crippen MR) is 112 cm³/mol. The molecule has 1 saturated heterocycles. The third-order valence-electron chi connectivity index (χ3n) is 5.39. The predicted octanol–water partition coefficient (Wildman–Crippen LogP) is 3.26. The quantitative estimate of drug-likeness (QED) is 0.725. The van der Waals surface area contributed by atoms with E-state index in [0.29, 0.717) is 37.4 Å². The number of carbonyl (C=O) groups is 2. The average molecular weight is 435 g/mol. The van der Waals surface area contributed by atoms with Crippen LogP contribution in [0.4, 0.5) is 25.8 Å². The van der Waals surface area contributed by atoms with Gasteiger partial charge >= 0.3 is 0 Å². The molecule has 2 heterocycles. The van der Waals surface area contributed by atoms with Crippen molar-refractivity contribution in [2.24, 2.45) is 0 Å². The molecule has 2 N–H and O–H groups in total. The first-order valence-corrected chi connectivity index (χ1v) is 10.0. The summed E-state index contributed by atoms with van der Waals surface area (Å²) < 4.78 is 27.6. The highest BCUT2D eigenvalue weighted by Crippen LogP contribution is 2.28. The van der Waals surface area contributed by atoms with Gasteiger partial charge in [-0.2, -0.15) is 0 Å². The fourth-order valence-corrected chi connectivity index (χ4v) is 4.09. The maximum Gasteiger partial charge on any atom is 0.238 e. The summed E-state index contributed by atoms with van der Waals surface area (Å²) in [5, 5.41) is 5.12. The number of hydrogen-bond donors (Lipinski definition) is 2. The molecule has 2 aromatic carbocycles. The molecule has 0 bridgehead atoms. The highest BCUT2D eigenvalue weighted by Gasteiger charge is 2.26. The summed E-state index contributed by atoms with van der Waals surface area (Å²) >= 11 is 5.57. The number of carbonyl (C=O) groups excluding carboxylic acids is 2. The maximum atomic E-state index is 13.8. The van der Waals surface area contributed by atoms with E-state index in [4.69, 9.17) is 11.6 Å². The second kappa shape index (κ2) is 8.20. The number of anilines is 3. The van der Waals surface area contributed by atoms with E-state index >= 15 is 0 Å². The minimum atomic E-state index is -0.785. The molecule has 158 valence electrons. The number of amides is 2. The first kappa shape index (κ1) is 20.6. The maximum absolute atomic E-state index is 13.8. The van der Waals surface area contributed by atoms with Crippen LogP contribution in [-0.4, -0.2) is 48.9 Å². The zero-order valence-electron chi connectivity index (χ0n) is 16.3. The molecule has 2 aliphatic rings. The summed E-state index contributed by atoms with van der Waals surface area (Å²) in [7, 11) is 0. The molecule has 6 nitrogen and oxygen atoms in total. The highest BCUT2D eigenvalue weighted by atomic mass is 35.5. The fraction of sp³-hybridized carbons (Fsp3) is 0.333. The van der Waals surface area contributed by atoms with Crippen LogP contribution in [0.3, 0.4) is 0 Å². The number of nitrogens with one attached hydrogen (secondary N) is 2. The first-order valence-electron chi connectivity index (χ1n) is 9.66. The molecule has 1 atom stereocenters. The molecule has 0 spiro atoms. The molecule has 0 unspecified atom stereocenters. The van der Waals surface area contributed by atoms with Crippen LogP contribution in [0, 0.1) is 11.6 Å². The van der Waals surface area contributed by atoms with Gasteiger partial charge in [-0.1, -0.05) is 11.6 Å². The Morgan fingerprint density at radius 3 is 2.67 bits per heavy atom. The number of rotatable bonds is 4. The van der Waals surface area contributed by atoms with E-state index < -0.39 is 16.7 Å². The van der Waals surface area contributed by atoms with E-state index in [0.717, 1.165) is 11.3 Å². The lowest BCUT2D eigenvalue weighted by atomic mass is 10.1. The van der Waals surface area contributed by atoms with E-state index in [2.05, 4.69) is 10.6 Å². The molecule has 4 rings (SSSR count). The van der Waals surface area contributed by atoms with Gasteiger partial charge < -0.3 is 15.5 Å². The van der Waals surface area contributed by atoms with Crippen LogP contribution in [0.15, 0.2) is 30.3 Å². The number of hydrogen-bond acceptors (Lipinski definition) is 4. The molecule has 2 amide bonds. The van der Waals surface area contributed by atoms with Crippen molar-refractivity contribution in [2.75, 3.05) is 41.7 Å². The zero-order chi connectivity index (χ0) is 21.4. The van der Waals surface area contributed by atoms with Crippen LogP contribution in [-0.2, 0) is 16.0 Å². The van der Waals surface area contributed by atoms with E-state index in [1.165, 1.54) is 12.1 Å². The van der Waals surface area contributed by atoms with Crippen LogP contribution < -0.4 is 15.5 Å². The zero-order valence-corrected chi connectivity index (χ0v) is 17.1. The van der Waals surface area contributed by atoms with Crippen LogP contribution in [0.5, 0.6) is 0 Å². The number of fused-ring (bicyclic) bond motifs is 1. The average Bonchev–Trinajstić information content (AvgIpc) is 3.05. The summed E-state index contributed by atoms with van der Waals surface area (Å²) in [5.41, 5.74) is 2.72. The van der Waals surface area contributed by atoms with Crippen LogP contribution in [0.25, 0.3) is 0 Å². The number of halogens is 3. The van der Waals surface area contributed by atoms with E-state index in [1.54, 1.807) is 18.2 Å². The van der Waals surface area contributed by atoms with Gasteiger partial charge in [0.2, 0.25) is 11.8 Å². The Morgan fingerprint density at radius 1 is 1.23 bits per heavy atom. The first-order chi connectivity index (χ1) is 14.3. The van der Waals surface area contributed by atoms with Gasteiger partial charge in [0.15, 0.2) is 0 Å². The van der Waals surface area contributed by atoms with Crippen molar-refractivity contribution in [2.45, 2.75) is 19.4 Å². The molecule has 2 aromatic rings. The Kier molecular flexibility index (Phi) is 5.62. The van der Waals surface area contributed by atoms with Crippen molar-refractivity contribution >= 4 is 40.5 Å². The lowest BCUT2D eigenvalue weighted by Crippen LogP contribution is -2.53. The topological polar surface area (TPSA) is 64.7 Å². The largest absolute Gasteiger partial charge is 0.366 e. The minimum absolute atomic E-state index is 0.0383. The molecule has 2 aliphatic heterocycles. The third kappa shape index (κ3) is 4.24. The molecule has 0 saturated carbocycles. The Morgan fingerprint density at radius 2 is 1.97 bits per heavy atom. The molecular formula is C21H21ClF2N4O2. The van der Waals surface area contributed by atoms with Crippen LogP contribution in [0.1, 0.15) is 12.5 Å². The number of benzene rings is 2. The number of piperazine rings is 1. The summed E-state index contributed by atoms with van der Waals surface area (Å²) in [6.07, 6.45) is 0.310. The van der Waals surface area contributed by atoms with E-state index in [-0.39, 0.29) is 24.4 Å². The van der Waals surface area contributed by atoms with Gasteiger partial charge in [-0.05, 0) is 42.8 Å². The standard InChI is InChI=1S/C21H21ClF2N4O2/c1-12-10-27(4-5-28(12)15-8-16(23)21(22)17(24)9-15)11-20(30)25-14-2-3-18-13(6-14)7-19(29)26-18/h2-3,6,8-9,12H,4-5,7,10-11H2,1H3,(H,25,30)(H,26,29)/t12-/m1/s1. The Balaban J connectivity index is 1.34. The van der Waals surface area contributed by atoms with Crippen molar-refractivity contribution in [3.63, 3.8) is 0 Å². The Labute approximate surface area is 177 Å². The smallest absolute Gasteiger partial charge is 0.238 e. The van der Waals surface area contributed by atoms with Gasteiger partial charge in [0.05, 0.1) is 13.0 Å². The van der Waals surface area contributed by atoms with Crippen molar-refractivity contribution in [3.8, 4) is 0 Å². The number of nitrogens with zero attached hydrogens (tertiary/aromatic N) is 2. The van der Waals surface area contributed by atoms with Gasteiger partial charge in [-0.15, -0.1) is 0 Å². The second-order valence-corrected chi connectivity index (χ2v) is 8.02. The molecule has 1 fully saturated rings. The monoisotopic (exact) mass is 434 g/mol. The van der Waals surface area contributed by atoms with Crippen LogP contribution >= 0.6 is 11.6 Å². The third-order valence-corrected chi connectivity index (χ3v) is 5.75. The van der Waals surface area contributed by atoms with Gasteiger partial charge in [-0.3, -0.25) is 14.5 Å². The Hall–Kier alpha value is -2.71. The minimum Gasteiger partial charge on any atom is -0.366 e. The summed E-state index contributed by atoms with van der Waals surface area (Å²) in [4.78, 5) is 27.8. The summed E-state index contributed by atoms with van der Waals surface area (Å²) in [6.45, 7) is 3.82. The molecule has 0 aliphatic carbocycles. The SMILES string of the molecule is C[C@@H]1CN(CC(=O)Nc2ccc3c(c2)CC(=O)N3)CCN1c1cc(F)c(Cl)c(F)c1. The molecule has 0 aromatic heterocycles. The van der Waals surface area contributed by atoms with Gasteiger partial charge in [-0.25, -0.2) is 8.78 Å². The summed E-state index contributed by atoms with van der Waals surface area (Å²) in [6, 6.07) is 7.77. The highest BCUT2D eigenvalue weighted by molar-refractivity contribution is 6.31. The Bertz CT molecular complexity index is 993. The van der Waals surface area contributed by atoms with Gasteiger partial charge in [0.1, 0.15) is 16.7 Å². The lowest BCUT2D eigenvalue weighted by molar-refractivity contribution is -0.117. The van der Waals surface area contributed by atoms with E-state index in [1.807, 2.05) is 16.7 Å². The van der Waals surface area contributed by atoms with Gasteiger partial charge in [0, 0.05) is 42.7 Å². The van der Waals surface area contributed by atoms with Crippen molar-refractivity contribution < 1.29 is 18.4 Å².